The molecule has 2 heterocycles. The first-order chi connectivity index (χ1) is 12.4. The third kappa shape index (κ3) is 5.18. The lowest BCUT2D eigenvalue weighted by molar-refractivity contribution is -0.120. The van der Waals surface area contributed by atoms with Crippen LogP contribution in [0.2, 0.25) is 0 Å². The van der Waals surface area contributed by atoms with Crippen molar-refractivity contribution in [3.8, 4) is 0 Å². The number of rotatable bonds is 4. The van der Waals surface area contributed by atoms with Crippen molar-refractivity contribution >= 4 is 41.6 Å². The molecule has 0 aromatic heterocycles. The quantitative estimate of drug-likeness (QED) is 0.711. The Kier molecular flexibility index (Phi) is 7.18. The SMILES string of the molecule is C[C@@H]1CNC[C@H](C)N1CC(=O)Nc1ccc(N2CCC(=O)NC2=O)cc1.Cl. The maximum absolute atomic E-state index is 12.4. The van der Waals surface area contributed by atoms with Crippen LogP contribution in [0.1, 0.15) is 20.3 Å². The predicted octanol–water partition coefficient (Wildman–Crippen LogP) is 1.18. The lowest BCUT2D eigenvalue weighted by Crippen LogP contribution is -2.56. The van der Waals surface area contributed by atoms with E-state index >= 15 is 0 Å². The minimum absolute atomic E-state index is 0. The zero-order chi connectivity index (χ0) is 18.7. The summed E-state index contributed by atoms with van der Waals surface area (Å²) in [6.45, 7) is 6.69. The van der Waals surface area contributed by atoms with Gasteiger partial charge in [-0.05, 0) is 38.1 Å². The first-order valence-electron chi connectivity index (χ1n) is 8.92. The van der Waals surface area contributed by atoms with Crippen LogP contribution in [0.25, 0.3) is 0 Å². The van der Waals surface area contributed by atoms with Crippen LogP contribution in [0.15, 0.2) is 24.3 Å². The molecule has 2 fully saturated rings. The van der Waals surface area contributed by atoms with E-state index in [0.717, 1.165) is 13.1 Å². The maximum atomic E-state index is 12.4. The Morgan fingerprint density at radius 1 is 1.15 bits per heavy atom. The third-order valence-corrected chi connectivity index (χ3v) is 4.85. The number of halogens is 1. The van der Waals surface area contributed by atoms with E-state index in [4.69, 9.17) is 0 Å². The average molecular weight is 396 g/mol. The van der Waals surface area contributed by atoms with Gasteiger partial charge in [0, 0.05) is 49.5 Å². The van der Waals surface area contributed by atoms with E-state index in [-0.39, 0.29) is 30.6 Å². The second kappa shape index (κ2) is 9.16. The Labute approximate surface area is 165 Å². The number of anilines is 2. The van der Waals surface area contributed by atoms with Crippen molar-refractivity contribution in [3.63, 3.8) is 0 Å². The molecular formula is C18H26ClN5O3. The van der Waals surface area contributed by atoms with Gasteiger partial charge in [-0.1, -0.05) is 0 Å². The first kappa shape index (κ1) is 21.1. The summed E-state index contributed by atoms with van der Waals surface area (Å²) in [5.41, 5.74) is 1.38. The highest BCUT2D eigenvalue weighted by atomic mass is 35.5. The number of imide groups is 1. The highest BCUT2D eigenvalue weighted by molar-refractivity contribution is 6.05. The van der Waals surface area contributed by atoms with Crippen molar-refractivity contribution in [1.82, 2.24) is 15.5 Å². The molecule has 148 valence electrons. The van der Waals surface area contributed by atoms with Crippen LogP contribution in [-0.2, 0) is 9.59 Å². The van der Waals surface area contributed by atoms with Crippen molar-refractivity contribution < 1.29 is 14.4 Å². The van der Waals surface area contributed by atoms with Crippen LogP contribution < -0.4 is 20.9 Å². The van der Waals surface area contributed by atoms with Gasteiger partial charge in [0.25, 0.3) is 0 Å². The second-order valence-corrected chi connectivity index (χ2v) is 6.88. The molecule has 0 saturated carbocycles. The molecule has 0 unspecified atom stereocenters. The van der Waals surface area contributed by atoms with Crippen molar-refractivity contribution in [2.24, 2.45) is 0 Å². The van der Waals surface area contributed by atoms with Gasteiger partial charge >= 0.3 is 6.03 Å². The molecule has 1 aromatic carbocycles. The van der Waals surface area contributed by atoms with Crippen LogP contribution in [0.4, 0.5) is 16.2 Å². The van der Waals surface area contributed by atoms with E-state index in [1.165, 1.54) is 4.90 Å². The Morgan fingerprint density at radius 2 is 1.78 bits per heavy atom. The van der Waals surface area contributed by atoms with Crippen molar-refractivity contribution in [3.05, 3.63) is 24.3 Å². The van der Waals surface area contributed by atoms with Gasteiger partial charge in [-0.2, -0.15) is 0 Å². The summed E-state index contributed by atoms with van der Waals surface area (Å²) in [7, 11) is 0. The number of hydrogen-bond donors (Lipinski definition) is 3. The highest BCUT2D eigenvalue weighted by Crippen LogP contribution is 2.20. The van der Waals surface area contributed by atoms with E-state index in [9.17, 15) is 14.4 Å². The number of hydrogen-bond acceptors (Lipinski definition) is 5. The van der Waals surface area contributed by atoms with Gasteiger partial charge in [0.2, 0.25) is 11.8 Å². The molecule has 3 N–H and O–H groups in total. The molecule has 2 aliphatic rings. The summed E-state index contributed by atoms with van der Waals surface area (Å²) in [5, 5.41) is 8.55. The fraction of sp³-hybridized carbons (Fsp3) is 0.500. The van der Waals surface area contributed by atoms with Crippen LogP contribution in [0.5, 0.6) is 0 Å². The number of carbonyl (C=O) groups excluding carboxylic acids is 3. The molecule has 0 aliphatic carbocycles. The van der Waals surface area contributed by atoms with Crippen LogP contribution in [0.3, 0.4) is 0 Å². The Balaban J connectivity index is 0.00000261. The zero-order valence-corrected chi connectivity index (χ0v) is 16.3. The van der Waals surface area contributed by atoms with E-state index < -0.39 is 6.03 Å². The Bertz CT molecular complexity index is 687. The summed E-state index contributed by atoms with van der Waals surface area (Å²) in [6, 6.07) is 7.27. The summed E-state index contributed by atoms with van der Waals surface area (Å²) >= 11 is 0. The zero-order valence-electron chi connectivity index (χ0n) is 15.5. The van der Waals surface area contributed by atoms with Gasteiger partial charge in [-0.3, -0.25) is 24.7 Å². The van der Waals surface area contributed by atoms with E-state index in [0.29, 0.717) is 36.5 Å². The fourth-order valence-corrected chi connectivity index (χ4v) is 3.38. The maximum Gasteiger partial charge on any atom is 0.328 e. The average Bonchev–Trinajstić information content (AvgIpc) is 2.59. The lowest BCUT2D eigenvalue weighted by atomic mass is 10.1. The molecule has 2 atom stereocenters. The molecular weight excluding hydrogens is 370 g/mol. The molecule has 8 nitrogen and oxygen atoms in total. The van der Waals surface area contributed by atoms with Gasteiger partial charge in [-0.25, -0.2) is 4.79 Å². The van der Waals surface area contributed by atoms with Gasteiger partial charge in [-0.15, -0.1) is 12.4 Å². The van der Waals surface area contributed by atoms with E-state index in [2.05, 4.69) is 34.7 Å². The summed E-state index contributed by atoms with van der Waals surface area (Å²) in [5.74, 6) is -0.314. The molecule has 3 rings (SSSR count). The monoisotopic (exact) mass is 395 g/mol. The Morgan fingerprint density at radius 3 is 2.37 bits per heavy atom. The molecule has 27 heavy (non-hydrogen) atoms. The predicted molar refractivity (Wildman–Crippen MR) is 106 cm³/mol. The van der Waals surface area contributed by atoms with Crippen LogP contribution >= 0.6 is 12.4 Å². The fourth-order valence-electron chi connectivity index (χ4n) is 3.38. The van der Waals surface area contributed by atoms with Crippen molar-refractivity contribution in [1.29, 1.82) is 0 Å². The van der Waals surface area contributed by atoms with Crippen LogP contribution in [-0.4, -0.2) is 61.0 Å². The molecule has 0 radical (unpaired) electrons. The van der Waals surface area contributed by atoms with Gasteiger partial charge in [0.15, 0.2) is 0 Å². The molecule has 1 aromatic rings. The normalized spacial score (nSPS) is 23.4. The number of nitrogens with zero attached hydrogens (tertiary/aromatic N) is 2. The standard InChI is InChI=1S/C18H25N5O3.ClH/c1-12-9-19-10-13(2)23(12)11-17(25)20-14-3-5-15(6-4-14)22-8-7-16(24)21-18(22)26;/h3-6,12-13,19H,7-11H2,1-2H3,(H,20,25)(H,21,24,26);1H/t12-,13+;. The smallest absolute Gasteiger partial charge is 0.325 e. The molecule has 0 spiro atoms. The summed E-state index contributed by atoms with van der Waals surface area (Å²) < 4.78 is 0. The number of piperazine rings is 1. The Hall–Kier alpha value is -2.16. The van der Waals surface area contributed by atoms with Gasteiger partial charge < -0.3 is 10.6 Å². The number of carbonyl (C=O) groups is 3. The van der Waals surface area contributed by atoms with Crippen molar-refractivity contribution in [2.75, 3.05) is 36.4 Å². The highest BCUT2D eigenvalue weighted by Gasteiger charge is 2.26. The molecule has 9 heteroatoms. The molecule has 0 bridgehead atoms. The van der Waals surface area contributed by atoms with Gasteiger partial charge in [0.1, 0.15) is 0 Å². The number of urea groups is 1. The van der Waals surface area contributed by atoms with Gasteiger partial charge in [0.05, 0.1) is 6.54 Å². The number of nitrogens with one attached hydrogen (secondary N) is 3. The second-order valence-electron chi connectivity index (χ2n) is 6.88. The largest absolute Gasteiger partial charge is 0.328 e. The number of amides is 4. The van der Waals surface area contributed by atoms with Crippen LogP contribution in [0, 0.1) is 0 Å². The summed E-state index contributed by atoms with van der Waals surface area (Å²) in [6.07, 6.45) is 0.283. The minimum atomic E-state index is -0.417. The third-order valence-electron chi connectivity index (χ3n) is 4.85. The van der Waals surface area contributed by atoms with E-state index in [1.54, 1.807) is 24.3 Å². The first-order valence-corrected chi connectivity index (χ1v) is 8.92. The molecule has 2 saturated heterocycles. The van der Waals surface area contributed by atoms with Crippen molar-refractivity contribution in [2.45, 2.75) is 32.4 Å². The topological polar surface area (TPSA) is 93.8 Å². The molecule has 4 amide bonds. The lowest BCUT2D eigenvalue weighted by Gasteiger charge is -2.38. The minimum Gasteiger partial charge on any atom is -0.325 e. The molecule has 2 aliphatic heterocycles. The van der Waals surface area contributed by atoms with E-state index in [1.807, 2.05) is 0 Å². The number of benzene rings is 1. The summed E-state index contributed by atoms with van der Waals surface area (Å²) in [4.78, 5) is 39.1.